The number of methoxy groups -OCH3 is 1. The molecule has 0 fully saturated rings. The Morgan fingerprint density at radius 2 is 2.00 bits per heavy atom. The number of rotatable bonds is 4. The third-order valence-electron chi connectivity index (χ3n) is 2.60. The Morgan fingerprint density at radius 3 is 2.63 bits per heavy atom. The van der Waals surface area contributed by atoms with Crippen LogP contribution >= 0.6 is 0 Å². The number of nitrogens with zero attached hydrogens (tertiary/aromatic N) is 1. The summed E-state index contributed by atoms with van der Waals surface area (Å²) in [6, 6.07) is 10.5. The van der Waals surface area contributed by atoms with E-state index in [-0.39, 0.29) is 5.78 Å². The highest BCUT2D eigenvalue weighted by Gasteiger charge is 2.04. The topological polar surface area (TPSA) is 53.2 Å². The van der Waals surface area contributed by atoms with Gasteiger partial charge >= 0.3 is 0 Å². The highest BCUT2D eigenvalue weighted by atomic mass is 16.5. The fraction of sp³-hybridized carbons (Fsp3) is 0.0667. The van der Waals surface area contributed by atoms with Gasteiger partial charge in [-0.25, -0.2) is 0 Å². The number of hydrogen-bond acceptors (Lipinski definition) is 3. The average Bonchev–Trinajstić information content (AvgIpc) is 2.45. The monoisotopic (exact) mass is 255 g/mol. The van der Waals surface area contributed by atoms with Crippen LogP contribution < -0.4 is 9.47 Å². The summed E-state index contributed by atoms with van der Waals surface area (Å²) in [6.07, 6.45) is 5.73. The molecule has 0 aliphatic heterocycles. The molecule has 0 atom stereocenters. The number of carbonyl (C=O) groups excluding carboxylic acids is 1. The van der Waals surface area contributed by atoms with Crippen LogP contribution in [0.15, 0.2) is 54.9 Å². The van der Waals surface area contributed by atoms with E-state index in [0.29, 0.717) is 10.3 Å². The summed E-state index contributed by atoms with van der Waals surface area (Å²) < 4.78 is 5.65. The van der Waals surface area contributed by atoms with Crippen LogP contribution in [-0.2, 0) is 0 Å². The maximum atomic E-state index is 11.8. The highest BCUT2D eigenvalue weighted by molar-refractivity contribution is 6.06. The minimum atomic E-state index is -0.207. The minimum absolute atomic E-state index is 0.207. The summed E-state index contributed by atoms with van der Waals surface area (Å²) in [5, 5.41) is 11.1. The van der Waals surface area contributed by atoms with Crippen LogP contribution in [0, 0.1) is 5.21 Å². The van der Waals surface area contributed by atoms with E-state index in [9.17, 15) is 10.0 Å². The summed E-state index contributed by atoms with van der Waals surface area (Å²) in [5.41, 5.74) is 1.25. The maximum Gasteiger partial charge on any atom is 0.191 e. The van der Waals surface area contributed by atoms with Gasteiger partial charge in [-0.1, -0.05) is 18.2 Å². The molecule has 2 rings (SSSR count). The van der Waals surface area contributed by atoms with Crippen LogP contribution in [0.3, 0.4) is 0 Å². The minimum Gasteiger partial charge on any atom is -0.619 e. The van der Waals surface area contributed by atoms with E-state index in [1.165, 1.54) is 18.5 Å². The summed E-state index contributed by atoms with van der Waals surface area (Å²) in [7, 11) is 1.60. The van der Waals surface area contributed by atoms with Crippen LogP contribution in [0.4, 0.5) is 0 Å². The third-order valence-corrected chi connectivity index (χ3v) is 2.60. The molecule has 0 aliphatic carbocycles. The van der Waals surface area contributed by atoms with Crippen LogP contribution in [-0.4, -0.2) is 12.9 Å². The van der Waals surface area contributed by atoms with Gasteiger partial charge in [0, 0.05) is 6.07 Å². The lowest BCUT2D eigenvalue weighted by Gasteiger charge is -1.99. The molecule has 0 saturated heterocycles. The lowest BCUT2D eigenvalue weighted by Crippen LogP contribution is -2.25. The Kier molecular flexibility index (Phi) is 3.93. The summed E-state index contributed by atoms with van der Waals surface area (Å²) in [4.78, 5) is 11.8. The first-order valence-corrected chi connectivity index (χ1v) is 5.74. The first kappa shape index (κ1) is 12.8. The molecule has 4 nitrogen and oxygen atoms in total. The van der Waals surface area contributed by atoms with Crippen LogP contribution in [0.5, 0.6) is 5.75 Å². The molecule has 1 aromatic carbocycles. The van der Waals surface area contributed by atoms with Crippen molar-refractivity contribution in [2.75, 3.05) is 7.11 Å². The zero-order valence-corrected chi connectivity index (χ0v) is 10.4. The predicted octanol–water partition coefficient (Wildman–Crippen LogP) is 2.22. The zero-order chi connectivity index (χ0) is 13.7. The number of aromatic nitrogens is 1. The van der Waals surface area contributed by atoms with Gasteiger partial charge in [-0.05, 0) is 29.8 Å². The standard InChI is InChI=1S/C15H13NO3/c1-19-14-7-4-12(5-8-14)6-9-15(17)13-3-2-10-16(18)11-13/h2-11H,1H3/b9-6+. The van der Waals surface area contributed by atoms with Gasteiger partial charge in [-0.2, -0.15) is 4.73 Å². The maximum absolute atomic E-state index is 11.8. The first-order chi connectivity index (χ1) is 9.19. The molecule has 0 unspecified atom stereocenters. The Labute approximate surface area is 111 Å². The van der Waals surface area contributed by atoms with Crippen molar-refractivity contribution in [1.82, 2.24) is 0 Å². The molecular formula is C15H13NO3. The molecule has 1 heterocycles. The smallest absolute Gasteiger partial charge is 0.191 e. The van der Waals surface area contributed by atoms with E-state index in [2.05, 4.69) is 0 Å². The average molecular weight is 255 g/mol. The van der Waals surface area contributed by atoms with Crippen molar-refractivity contribution in [3.05, 3.63) is 71.2 Å². The molecule has 2 aromatic rings. The molecular weight excluding hydrogens is 242 g/mol. The number of ketones is 1. The van der Waals surface area contributed by atoms with Gasteiger partial charge < -0.3 is 9.94 Å². The molecule has 0 saturated carbocycles. The van der Waals surface area contributed by atoms with E-state index in [1.54, 1.807) is 25.3 Å². The van der Waals surface area contributed by atoms with Crippen LogP contribution in [0.2, 0.25) is 0 Å². The molecule has 0 aliphatic rings. The van der Waals surface area contributed by atoms with Gasteiger partial charge in [0.1, 0.15) is 5.75 Å². The molecule has 0 N–H and O–H groups in total. The zero-order valence-electron chi connectivity index (χ0n) is 10.4. The van der Waals surface area contributed by atoms with E-state index >= 15 is 0 Å². The molecule has 0 bridgehead atoms. The molecule has 0 radical (unpaired) electrons. The number of ether oxygens (including phenoxy) is 1. The van der Waals surface area contributed by atoms with Gasteiger partial charge in [0.15, 0.2) is 18.2 Å². The Balaban J connectivity index is 2.11. The molecule has 0 spiro atoms. The van der Waals surface area contributed by atoms with Crippen molar-refractivity contribution >= 4 is 11.9 Å². The Morgan fingerprint density at radius 1 is 1.26 bits per heavy atom. The largest absolute Gasteiger partial charge is 0.619 e. The predicted molar refractivity (Wildman–Crippen MR) is 71.8 cm³/mol. The van der Waals surface area contributed by atoms with Crippen LogP contribution in [0.25, 0.3) is 6.08 Å². The third kappa shape index (κ3) is 3.42. The molecule has 1 aromatic heterocycles. The second kappa shape index (κ2) is 5.82. The van der Waals surface area contributed by atoms with Gasteiger partial charge in [0.25, 0.3) is 0 Å². The van der Waals surface area contributed by atoms with E-state index in [0.717, 1.165) is 11.3 Å². The highest BCUT2D eigenvalue weighted by Crippen LogP contribution is 2.12. The van der Waals surface area contributed by atoms with Crippen molar-refractivity contribution in [3.63, 3.8) is 0 Å². The van der Waals surface area contributed by atoms with Crippen molar-refractivity contribution < 1.29 is 14.3 Å². The fourth-order valence-corrected chi connectivity index (χ4v) is 1.58. The quantitative estimate of drug-likeness (QED) is 0.364. The normalized spacial score (nSPS) is 10.6. The van der Waals surface area contributed by atoms with Gasteiger partial charge in [-0.3, -0.25) is 4.79 Å². The SMILES string of the molecule is COc1ccc(/C=C/C(=O)c2ccc[n+]([O-])c2)cc1. The van der Waals surface area contributed by atoms with Crippen LogP contribution in [0.1, 0.15) is 15.9 Å². The Bertz CT molecular complexity index is 603. The molecule has 4 heteroatoms. The molecule has 96 valence electrons. The van der Waals surface area contributed by atoms with E-state index in [1.807, 2.05) is 24.3 Å². The van der Waals surface area contributed by atoms with E-state index in [4.69, 9.17) is 4.74 Å². The van der Waals surface area contributed by atoms with Crippen molar-refractivity contribution in [2.45, 2.75) is 0 Å². The van der Waals surface area contributed by atoms with Gasteiger partial charge in [0.05, 0.1) is 12.7 Å². The first-order valence-electron chi connectivity index (χ1n) is 5.74. The summed E-state index contributed by atoms with van der Waals surface area (Å²) in [5.74, 6) is 0.556. The molecule has 0 amide bonds. The second-order valence-electron chi connectivity index (χ2n) is 3.92. The van der Waals surface area contributed by atoms with Crippen molar-refractivity contribution in [3.8, 4) is 5.75 Å². The van der Waals surface area contributed by atoms with Gasteiger partial charge in [0.2, 0.25) is 0 Å². The Hall–Kier alpha value is -2.62. The van der Waals surface area contributed by atoms with Crippen molar-refractivity contribution in [1.29, 1.82) is 0 Å². The number of benzene rings is 1. The molecule has 19 heavy (non-hydrogen) atoms. The number of carbonyl (C=O) groups is 1. The lowest BCUT2D eigenvalue weighted by molar-refractivity contribution is -0.605. The second-order valence-corrected chi connectivity index (χ2v) is 3.92. The number of pyridine rings is 1. The fourth-order valence-electron chi connectivity index (χ4n) is 1.58. The van der Waals surface area contributed by atoms with Gasteiger partial charge in [-0.15, -0.1) is 0 Å². The summed E-state index contributed by atoms with van der Waals surface area (Å²) in [6.45, 7) is 0. The number of hydrogen-bond donors (Lipinski definition) is 0. The summed E-state index contributed by atoms with van der Waals surface area (Å²) >= 11 is 0. The number of allylic oxidation sites excluding steroid dienone is 1. The lowest BCUT2D eigenvalue weighted by atomic mass is 10.1. The van der Waals surface area contributed by atoms with E-state index < -0.39 is 0 Å². The van der Waals surface area contributed by atoms with Crippen molar-refractivity contribution in [2.24, 2.45) is 0 Å².